The Labute approximate surface area is 179 Å². The molecular weight excluding hydrogens is 437 g/mol. The Kier molecular flexibility index (Phi) is 6.45. The molecule has 3 aromatic carbocycles. The number of benzene rings is 3. The Balaban J connectivity index is 1.97. The van der Waals surface area contributed by atoms with Crippen LogP contribution in [0.3, 0.4) is 0 Å². The average Bonchev–Trinajstić information content (AvgIpc) is 2.73. The molecule has 0 radical (unpaired) electrons. The number of ether oxygens (including phenoxy) is 2. The molecule has 3 aromatic rings. The van der Waals surface area contributed by atoms with Crippen LogP contribution in [0.25, 0.3) is 0 Å². The fourth-order valence-electron chi connectivity index (χ4n) is 2.61. The molecule has 0 amide bonds. The predicted molar refractivity (Wildman–Crippen MR) is 110 cm³/mol. The molecule has 0 atom stereocenters. The summed E-state index contributed by atoms with van der Waals surface area (Å²) in [5.74, 6) is -0.371. The van der Waals surface area contributed by atoms with E-state index < -0.39 is 28.1 Å². The monoisotopic (exact) mass is 450 g/mol. The molecule has 0 unspecified atom stereocenters. The molecule has 3 rings (SSSR count). The van der Waals surface area contributed by atoms with E-state index >= 15 is 0 Å². The largest absolute Gasteiger partial charge is 0.493 e. The Morgan fingerprint density at radius 1 is 1.06 bits per heavy atom. The molecule has 0 N–H and O–H groups in total. The SMILES string of the molecule is COc1cc(C=Nc2ccccc2)cc(Cl)c1Oc1ccc(C(F)(F)F)cc1[N+](=O)[O-]. The molecule has 0 aromatic heterocycles. The Morgan fingerprint density at radius 3 is 2.39 bits per heavy atom. The van der Waals surface area contributed by atoms with Crippen LogP contribution in [0.5, 0.6) is 17.2 Å². The lowest BCUT2D eigenvalue weighted by molar-refractivity contribution is -0.385. The van der Waals surface area contributed by atoms with E-state index in [0.717, 1.165) is 6.07 Å². The summed E-state index contributed by atoms with van der Waals surface area (Å²) in [6, 6.07) is 14.1. The number of alkyl halides is 3. The van der Waals surface area contributed by atoms with Gasteiger partial charge in [-0.05, 0) is 42.0 Å². The van der Waals surface area contributed by atoms with Gasteiger partial charge in [-0.2, -0.15) is 13.2 Å². The van der Waals surface area contributed by atoms with Crippen LogP contribution in [0.2, 0.25) is 5.02 Å². The third kappa shape index (κ3) is 5.32. The highest BCUT2D eigenvalue weighted by Crippen LogP contribution is 2.43. The molecule has 0 saturated carbocycles. The molecule has 0 aliphatic carbocycles. The van der Waals surface area contributed by atoms with Crippen LogP contribution < -0.4 is 9.47 Å². The standard InChI is InChI=1S/C21H14ClF3N2O4/c1-30-19-10-13(12-26-15-5-3-2-4-6-15)9-16(22)20(19)31-18-8-7-14(21(23,24)25)11-17(18)27(28)29/h2-12H,1H3. The molecule has 0 saturated heterocycles. The quantitative estimate of drug-likeness (QED) is 0.234. The van der Waals surface area contributed by atoms with Crippen molar-refractivity contribution in [2.75, 3.05) is 7.11 Å². The summed E-state index contributed by atoms with van der Waals surface area (Å²) in [5.41, 5.74) is -0.766. The van der Waals surface area contributed by atoms with E-state index in [1.807, 2.05) is 18.2 Å². The van der Waals surface area contributed by atoms with E-state index in [0.29, 0.717) is 23.4 Å². The van der Waals surface area contributed by atoms with Crippen LogP contribution in [0, 0.1) is 10.1 Å². The highest BCUT2D eigenvalue weighted by atomic mass is 35.5. The zero-order valence-electron chi connectivity index (χ0n) is 15.9. The molecular formula is C21H14ClF3N2O4. The maximum absolute atomic E-state index is 12.9. The number of nitrogens with zero attached hydrogens (tertiary/aromatic N) is 2. The second kappa shape index (κ2) is 9.05. The van der Waals surface area contributed by atoms with Crippen molar-refractivity contribution in [3.8, 4) is 17.2 Å². The van der Waals surface area contributed by atoms with E-state index in [1.54, 1.807) is 12.1 Å². The normalized spacial score (nSPS) is 11.5. The number of para-hydroxylation sites is 1. The van der Waals surface area contributed by atoms with Gasteiger partial charge in [0.15, 0.2) is 11.5 Å². The van der Waals surface area contributed by atoms with Crippen LogP contribution in [0.1, 0.15) is 11.1 Å². The second-order valence-electron chi connectivity index (χ2n) is 6.17. The lowest BCUT2D eigenvalue weighted by Gasteiger charge is -2.14. The first-order valence-electron chi connectivity index (χ1n) is 8.69. The number of nitro groups is 1. The molecule has 10 heteroatoms. The van der Waals surface area contributed by atoms with Gasteiger partial charge < -0.3 is 9.47 Å². The molecule has 6 nitrogen and oxygen atoms in total. The van der Waals surface area contributed by atoms with Gasteiger partial charge in [0.05, 0.1) is 28.3 Å². The minimum atomic E-state index is -4.74. The van der Waals surface area contributed by atoms with Gasteiger partial charge in [-0.1, -0.05) is 29.8 Å². The zero-order chi connectivity index (χ0) is 22.6. The Hall–Kier alpha value is -3.59. The van der Waals surface area contributed by atoms with Gasteiger partial charge in [0.25, 0.3) is 0 Å². The van der Waals surface area contributed by atoms with E-state index in [4.69, 9.17) is 21.1 Å². The third-order valence-electron chi connectivity index (χ3n) is 4.07. The Bertz CT molecular complexity index is 1140. The van der Waals surface area contributed by atoms with E-state index in [9.17, 15) is 23.3 Å². The van der Waals surface area contributed by atoms with Crippen molar-refractivity contribution in [1.82, 2.24) is 0 Å². The van der Waals surface area contributed by atoms with Crippen LogP contribution in [-0.2, 0) is 6.18 Å². The first-order chi connectivity index (χ1) is 14.7. The van der Waals surface area contributed by atoms with Crippen LogP contribution in [0.4, 0.5) is 24.5 Å². The van der Waals surface area contributed by atoms with Crippen LogP contribution in [-0.4, -0.2) is 18.2 Å². The maximum Gasteiger partial charge on any atom is 0.416 e. The van der Waals surface area contributed by atoms with Crippen molar-refractivity contribution in [2.45, 2.75) is 6.18 Å². The predicted octanol–water partition coefficient (Wildman–Crippen LogP) is 6.82. The minimum Gasteiger partial charge on any atom is -0.493 e. The van der Waals surface area contributed by atoms with E-state index in [1.165, 1.54) is 25.5 Å². The molecule has 0 aliphatic rings. The van der Waals surface area contributed by atoms with Crippen molar-refractivity contribution >= 4 is 29.2 Å². The minimum absolute atomic E-state index is 0.0306. The van der Waals surface area contributed by atoms with Gasteiger partial charge in [0.1, 0.15) is 0 Å². The lowest BCUT2D eigenvalue weighted by Crippen LogP contribution is -2.06. The molecule has 31 heavy (non-hydrogen) atoms. The lowest BCUT2D eigenvalue weighted by atomic mass is 10.1. The molecule has 0 bridgehead atoms. The summed E-state index contributed by atoms with van der Waals surface area (Å²) < 4.78 is 49.4. The average molecular weight is 451 g/mol. The van der Waals surface area contributed by atoms with Crippen molar-refractivity contribution in [3.63, 3.8) is 0 Å². The van der Waals surface area contributed by atoms with Gasteiger partial charge in [-0.25, -0.2) is 0 Å². The second-order valence-corrected chi connectivity index (χ2v) is 6.57. The van der Waals surface area contributed by atoms with Crippen LogP contribution in [0.15, 0.2) is 65.7 Å². The van der Waals surface area contributed by atoms with Crippen molar-refractivity contribution in [2.24, 2.45) is 4.99 Å². The number of methoxy groups -OCH3 is 1. The van der Waals surface area contributed by atoms with Gasteiger partial charge in [-0.15, -0.1) is 0 Å². The summed E-state index contributed by atoms with van der Waals surface area (Å²) in [4.78, 5) is 14.6. The van der Waals surface area contributed by atoms with Crippen molar-refractivity contribution < 1.29 is 27.6 Å². The van der Waals surface area contributed by atoms with Gasteiger partial charge in [0.2, 0.25) is 5.75 Å². The molecule has 0 heterocycles. The first kappa shape index (κ1) is 22.1. The zero-order valence-corrected chi connectivity index (χ0v) is 16.6. The van der Waals surface area contributed by atoms with Crippen molar-refractivity contribution in [3.05, 3.63) is 86.9 Å². The fourth-order valence-corrected chi connectivity index (χ4v) is 2.87. The third-order valence-corrected chi connectivity index (χ3v) is 4.35. The van der Waals surface area contributed by atoms with Gasteiger partial charge >= 0.3 is 11.9 Å². The highest BCUT2D eigenvalue weighted by Gasteiger charge is 2.33. The van der Waals surface area contributed by atoms with Gasteiger partial charge in [0, 0.05) is 12.3 Å². The smallest absolute Gasteiger partial charge is 0.416 e. The Morgan fingerprint density at radius 2 is 1.77 bits per heavy atom. The summed E-state index contributed by atoms with van der Waals surface area (Å²) in [6.45, 7) is 0. The number of halogens is 4. The summed E-state index contributed by atoms with van der Waals surface area (Å²) in [6.07, 6.45) is -3.20. The summed E-state index contributed by atoms with van der Waals surface area (Å²) >= 11 is 6.26. The molecule has 0 aliphatic heterocycles. The number of rotatable bonds is 6. The number of nitro benzene ring substituents is 1. The van der Waals surface area contributed by atoms with Crippen molar-refractivity contribution in [1.29, 1.82) is 0 Å². The first-order valence-corrected chi connectivity index (χ1v) is 9.07. The van der Waals surface area contributed by atoms with E-state index in [-0.39, 0.29) is 16.5 Å². The number of aliphatic imine (C=N–C) groups is 1. The van der Waals surface area contributed by atoms with Crippen LogP contribution >= 0.6 is 11.6 Å². The van der Waals surface area contributed by atoms with Gasteiger partial charge in [-0.3, -0.25) is 15.1 Å². The van der Waals surface area contributed by atoms with E-state index in [2.05, 4.69) is 4.99 Å². The highest BCUT2D eigenvalue weighted by molar-refractivity contribution is 6.32. The summed E-state index contributed by atoms with van der Waals surface area (Å²) in [5, 5.41) is 11.3. The number of hydrogen-bond acceptors (Lipinski definition) is 5. The fraction of sp³-hybridized carbons (Fsp3) is 0.0952. The maximum atomic E-state index is 12.9. The molecule has 0 spiro atoms. The number of hydrogen-bond donors (Lipinski definition) is 0. The molecule has 160 valence electrons. The summed E-state index contributed by atoms with van der Waals surface area (Å²) in [7, 11) is 1.33. The molecule has 0 fully saturated rings. The topological polar surface area (TPSA) is 74.0 Å².